The van der Waals surface area contributed by atoms with Crippen LogP contribution >= 0.6 is 17.0 Å². The van der Waals surface area contributed by atoms with E-state index in [0.29, 0.717) is 6.54 Å². The largest absolute Gasteiger partial charge is 0.328 e. The molecule has 1 aliphatic heterocycles. The molecule has 4 nitrogen and oxygen atoms in total. The summed E-state index contributed by atoms with van der Waals surface area (Å²) in [6, 6.07) is 0. The second-order valence-electron chi connectivity index (χ2n) is 7.09. The fourth-order valence-corrected chi connectivity index (χ4v) is 3.21. The van der Waals surface area contributed by atoms with Gasteiger partial charge >= 0.3 is 0 Å². The molecule has 0 saturated carbocycles. The van der Waals surface area contributed by atoms with Crippen molar-refractivity contribution in [3.63, 3.8) is 0 Å². The smallest absolute Gasteiger partial charge is 0.133 e. The Hall–Kier alpha value is -0.290. The third kappa shape index (κ3) is 11.3. The Kier molecular flexibility index (Phi) is 16.0. The minimum atomic E-state index is -0.281. The summed E-state index contributed by atoms with van der Waals surface area (Å²) in [5.74, 6) is 0. The molecule has 0 bridgehead atoms. The lowest BCUT2D eigenvalue weighted by molar-refractivity contribution is 0.480. The molecule has 0 saturated heterocycles. The molecule has 1 rings (SSSR count). The second kappa shape index (κ2) is 16.2. The molecule has 2 N–H and O–H groups in total. The van der Waals surface area contributed by atoms with Gasteiger partial charge in [0.2, 0.25) is 0 Å². The topological polar surface area (TPSA) is 63.1 Å². The van der Waals surface area contributed by atoms with Crippen molar-refractivity contribution < 1.29 is 0 Å². The van der Waals surface area contributed by atoms with E-state index in [2.05, 4.69) is 22.4 Å². The standard InChI is InChI=1S/C19H38N4.BrH/c1-2-3-4-5-6-7-8-9-10-11-12-13-14-15-16-19(17-20)18-21-23-22-19;/h18H,2-17,20H2,1H3;1H. The summed E-state index contributed by atoms with van der Waals surface area (Å²) in [4.78, 5) is 0. The van der Waals surface area contributed by atoms with E-state index in [9.17, 15) is 0 Å². The van der Waals surface area contributed by atoms with Gasteiger partial charge < -0.3 is 5.73 Å². The van der Waals surface area contributed by atoms with E-state index in [1.165, 1.54) is 89.9 Å². The Morgan fingerprint density at radius 3 is 1.58 bits per heavy atom. The van der Waals surface area contributed by atoms with Crippen LogP contribution < -0.4 is 5.73 Å². The summed E-state index contributed by atoms with van der Waals surface area (Å²) in [6.45, 7) is 2.81. The first-order valence-corrected chi connectivity index (χ1v) is 9.99. The van der Waals surface area contributed by atoms with E-state index in [-0.39, 0.29) is 22.5 Å². The quantitative estimate of drug-likeness (QED) is 0.291. The fourth-order valence-electron chi connectivity index (χ4n) is 3.21. The van der Waals surface area contributed by atoms with Crippen molar-refractivity contribution in [2.75, 3.05) is 6.54 Å². The van der Waals surface area contributed by atoms with Crippen LogP contribution in [-0.2, 0) is 0 Å². The van der Waals surface area contributed by atoms with E-state index < -0.39 is 0 Å². The molecule has 0 aromatic heterocycles. The molecule has 0 aromatic rings. The highest BCUT2D eigenvalue weighted by Crippen LogP contribution is 2.22. The van der Waals surface area contributed by atoms with Gasteiger partial charge in [0.15, 0.2) is 0 Å². The molecule has 142 valence electrons. The van der Waals surface area contributed by atoms with Crippen LogP contribution in [0.15, 0.2) is 15.4 Å². The van der Waals surface area contributed by atoms with Crippen LogP contribution in [0.4, 0.5) is 0 Å². The van der Waals surface area contributed by atoms with E-state index in [1.54, 1.807) is 0 Å². The van der Waals surface area contributed by atoms with E-state index >= 15 is 0 Å². The van der Waals surface area contributed by atoms with Gasteiger partial charge in [-0.05, 0) is 11.6 Å². The van der Waals surface area contributed by atoms with Gasteiger partial charge in [-0.25, -0.2) is 0 Å². The van der Waals surface area contributed by atoms with Gasteiger partial charge in [-0.2, -0.15) is 5.11 Å². The molecule has 1 atom stereocenters. The minimum absolute atomic E-state index is 0. The Labute approximate surface area is 159 Å². The number of unbranched alkanes of at least 4 members (excludes halogenated alkanes) is 13. The zero-order valence-corrected chi connectivity index (χ0v) is 17.4. The zero-order valence-electron chi connectivity index (χ0n) is 15.7. The number of nitrogens with two attached hydrogens (primary N) is 1. The first-order chi connectivity index (χ1) is 11.3. The van der Waals surface area contributed by atoms with Crippen molar-refractivity contribution in [2.24, 2.45) is 21.2 Å². The number of hydrogen-bond acceptors (Lipinski definition) is 4. The van der Waals surface area contributed by atoms with Crippen LogP contribution in [0.2, 0.25) is 0 Å². The van der Waals surface area contributed by atoms with Crippen LogP contribution in [0.5, 0.6) is 0 Å². The third-order valence-electron chi connectivity index (χ3n) is 4.91. The summed E-state index contributed by atoms with van der Waals surface area (Å²) in [7, 11) is 0. The predicted octanol–water partition coefficient (Wildman–Crippen LogP) is 6.58. The first kappa shape index (κ1) is 23.7. The van der Waals surface area contributed by atoms with Crippen molar-refractivity contribution in [3.05, 3.63) is 0 Å². The Bertz CT molecular complexity index is 319. The molecule has 1 aliphatic rings. The Morgan fingerprint density at radius 2 is 1.21 bits per heavy atom. The van der Waals surface area contributed by atoms with Crippen LogP contribution in [0.3, 0.4) is 0 Å². The number of rotatable bonds is 16. The van der Waals surface area contributed by atoms with Crippen molar-refractivity contribution in [3.8, 4) is 0 Å². The van der Waals surface area contributed by atoms with Gasteiger partial charge in [0, 0.05) is 6.54 Å². The molecule has 0 aliphatic carbocycles. The molecule has 5 heteroatoms. The van der Waals surface area contributed by atoms with Gasteiger partial charge in [0.25, 0.3) is 0 Å². The van der Waals surface area contributed by atoms with Crippen molar-refractivity contribution >= 4 is 23.2 Å². The maximum absolute atomic E-state index is 5.78. The Balaban J connectivity index is 0.00000529. The van der Waals surface area contributed by atoms with E-state index in [1.807, 2.05) is 6.21 Å². The molecule has 24 heavy (non-hydrogen) atoms. The molecular weight excluding hydrogens is 364 g/mol. The number of halogens is 1. The van der Waals surface area contributed by atoms with Crippen molar-refractivity contribution in [1.29, 1.82) is 0 Å². The summed E-state index contributed by atoms with van der Waals surface area (Å²) in [5, 5.41) is 11.7. The van der Waals surface area contributed by atoms with Crippen molar-refractivity contribution in [2.45, 2.75) is 109 Å². The minimum Gasteiger partial charge on any atom is -0.328 e. The molecule has 0 amide bonds. The highest BCUT2D eigenvalue weighted by atomic mass is 79.9. The Morgan fingerprint density at radius 1 is 0.750 bits per heavy atom. The van der Waals surface area contributed by atoms with Gasteiger partial charge in [-0.15, -0.1) is 22.1 Å². The molecular formula is C19H39BrN4. The van der Waals surface area contributed by atoms with Crippen LogP contribution in [0.1, 0.15) is 103 Å². The lowest BCUT2D eigenvalue weighted by atomic mass is 9.94. The lowest BCUT2D eigenvalue weighted by Crippen LogP contribution is -2.35. The number of hydrogen-bond donors (Lipinski definition) is 1. The van der Waals surface area contributed by atoms with Crippen LogP contribution in [0, 0.1) is 0 Å². The number of nitrogens with zero attached hydrogens (tertiary/aromatic N) is 3. The van der Waals surface area contributed by atoms with Crippen LogP contribution in [-0.4, -0.2) is 18.3 Å². The average molecular weight is 403 g/mol. The van der Waals surface area contributed by atoms with Gasteiger partial charge in [0.05, 0.1) is 6.21 Å². The predicted molar refractivity (Wildman–Crippen MR) is 110 cm³/mol. The zero-order chi connectivity index (χ0) is 16.6. The molecule has 0 radical (unpaired) electrons. The monoisotopic (exact) mass is 402 g/mol. The molecule has 0 spiro atoms. The van der Waals surface area contributed by atoms with Crippen molar-refractivity contribution in [1.82, 2.24) is 0 Å². The highest BCUT2D eigenvalue weighted by Gasteiger charge is 2.28. The van der Waals surface area contributed by atoms with Crippen LogP contribution in [0.25, 0.3) is 0 Å². The third-order valence-corrected chi connectivity index (χ3v) is 4.91. The van der Waals surface area contributed by atoms with E-state index in [0.717, 1.165) is 6.42 Å². The second-order valence-corrected chi connectivity index (χ2v) is 7.09. The molecule has 0 aromatic carbocycles. The summed E-state index contributed by atoms with van der Waals surface area (Å²) in [5.41, 5.74) is 5.50. The van der Waals surface area contributed by atoms with E-state index in [4.69, 9.17) is 5.73 Å². The lowest BCUT2D eigenvalue weighted by Gasteiger charge is -2.18. The summed E-state index contributed by atoms with van der Waals surface area (Å²) >= 11 is 0. The first-order valence-electron chi connectivity index (χ1n) is 9.99. The molecule has 1 heterocycles. The van der Waals surface area contributed by atoms with Gasteiger partial charge in [0.1, 0.15) is 5.54 Å². The fraction of sp³-hybridized carbons (Fsp3) is 0.947. The maximum atomic E-state index is 5.78. The average Bonchev–Trinajstić information content (AvgIpc) is 3.04. The molecule has 0 fully saturated rings. The van der Waals surface area contributed by atoms with Gasteiger partial charge in [-0.1, -0.05) is 96.8 Å². The summed E-state index contributed by atoms with van der Waals surface area (Å²) < 4.78 is 0. The normalized spacial score (nSPS) is 18.9. The highest BCUT2D eigenvalue weighted by molar-refractivity contribution is 8.93. The summed E-state index contributed by atoms with van der Waals surface area (Å²) in [6.07, 6.45) is 22.2. The SMILES string of the molecule is Br.CCCCCCCCCCCCCCCCC1(CN)C=NN=N1. The molecule has 1 unspecified atom stereocenters. The maximum Gasteiger partial charge on any atom is 0.133 e. The van der Waals surface area contributed by atoms with Gasteiger partial charge in [-0.3, -0.25) is 0 Å².